The molecule has 0 spiro atoms. The number of rotatable bonds is 1. The van der Waals surface area contributed by atoms with Crippen molar-refractivity contribution < 1.29 is 37.8 Å². The topological polar surface area (TPSA) is 44.0 Å². The van der Waals surface area contributed by atoms with Crippen LogP contribution in [-0.4, -0.2) is 17.3 Å². The Morgan fingerprint density at radius 2 is 2.00 bits per heavy atom. The van der Waals surface area contributed by atoms with E-state index in [0.717, 1.165) is 19.3 Å². The smallest absolute Gasteiger partial charge is 0.0459 e. The molecule has 0 aromatic heterocycles. The van der Waals surface area contributed by atoms with Crippen molar-refractivity contribution in [2.45, 2.75) is 24.9 Å². The molecule has 1 radical (unpaired) electrons. The van der Waals surface area contributed by atoms with Crippen LogP contribution in [0.15, 0.2) is 0 Å². The van der Waals surface area contributed by atoms with Gasteiger partial charge < -0.3 is 10.8 Å². The first-order chi connectivity index (χ1) is 3.27. The van der Waals surface area contributed by atoms with Gasteiger partial charge in [0.2, 0.25) is 0 Å². The number of hydrogen-bond acceptors (Lipinski definition) is 1. The summed E-state index contributed by atoms with van der Waals surface area (Å²) in [5.74, 6) is 0. The normalized spacial score (nSPS) is 23.2. The summed E-state index contributed by atoms with van der Waals surface area (Å²) in [7, 11) is 0. The SMILES string of the molecule is [NH-]CC1(O)CCC1.[Y]. The van der Waals surface area contributed by atoms with Crippen LogP contribution in [0, 0.1) is 0 Å². The average molecular weight is 189 g/mol. The molecule has 0 unspecified atom stereocenters. The Morgan fingerprint density at radius 3 is 2.00 bits per heavy atom. The number of nitrogens with one attached hydrogen (secondary N) is 1. The van der Waals surface area contributed by atoms with Crippen LogP contribution in [0.5, 0.6) is 0 Å². The molecule has 1 fully saturated rings. The van der Waals surface area contributed by atoms with Crippen LogP contribution in [0.2, 0.25) is 0 Å². The van der Waals surface area contributed by atoms with Gasteiger partial charge in [-0.3, -0.25) is 0 Å². The van der Waals surface area contributed by atoms with Gasteiger partial charge in [-0.25, -0.2) is 0 Å². The Bertz CT molecular complexity index is 67.3. The van der Waals surface area contributed by atoms with E-state index in [9.17, 15) is 0 Å². The van der Waals surface area contributed by atoms with E-state index in [1.165, 1.54) is 0 Å². The minimum Gasteiger partial charge on any atom is -0.675 e. The second kappa shape index (κ2) is 3.26. The molecule has 1 rings (SSSR count). The number of aliphatic hydroxyl groups is 1. The summed E-state index contributed by atoms with van der Waals surface area (Å²) in [5, 5.41) is 9.03. The van der Waals surface area contributed by atoms with Crippen molar-refractivity contribution in [2.75, 3.05) is 6.54 Å². The fraction of sp³-hybridized carbons (Fsp3) is 1.00. The maximum atomic E-state index is 9.03. The van der Waals surface area contributed by atoms with E-state index >= 15 is 0 Å². The van der Waals surface area contributed by atoms with Crippen molar-refractivity contribution in [2.24, 2.45) is 0 Å². The fourth-order valence-electron chi connectivity index (χ4n) is 0.762. The maximum Gasteiger partial charge on any atom is 0.0459 e. The van der Waals surface area contributed by atoms with Gasteiger partial charge in [-0.2, -0.15) is 0 Å². The summed E-state index contributed by atoms with van der Waals surface area (Å²) in [5.41, 5.74) is 6.24. The largest absolute Gasteiger partial charge is 0.675 e. The van der Waals surface area contributed by atoms with E-state index in [1.54, 1.807) is 0 Å². The zero-order valence-corrected chi connectivity index (χ0v) is 7.69. The molecule has 2 N–H and O–H groups in total. The Kier molecular flexibility index (Phi) is 3.67. The molecule has 1 aliphatic carbocycles. The molecule has 0 aromatic carbocycles. The van der Waals surface area contributed by atoms with Gasteiger partial charge in [-0.1, -0.05) is 0 Å². The molecule has 2 nitrogen and oxygen atoms in total. The van der Waals surface area contributed by atoms with Crippen LogP contribution < -0.4 is 0 Å². The summed E-state index contributed by atoms with van der Waals surface area (Å²) < 4.78 is 0. The summed E-state index contributed by atoms with van der Waals surface area (Å²) in [6.45, 7) is 0.188. The third kappa shape index (κ3) is 1.76. The second-order valence-corrected chi connectivity index (χ2v) is 2.25. The van der Waals surface area contributed by atoms with Gasteiger partial charge in [0.1, 0.15) is 0 Å². The number of hydrogen-bond donors (Lipinski definition) is 1. The van der Waals surface area contributed by atoms with Crippen LogP contribution in [-0.2, 0) is 32.7 Å². The van der Waals surface area contributed by atoms with Gasteiger partial charge in [0.05, 0.1) is 0 Å². The Hall–Kier alpha value is 1.02. The second-order valence-electron chi connectivity index (χ2n) is 2.25. The molecule has 0 atom stereocenters. The predicted molar refractivity (Wildman–Crippen MR) is 28.0 cm³/mol. The molecular formula is C5H10NOY-. The first-order valence-electron chi connectivity index (χ1n) is 2.64. The molecule has 8 heavy (non-hydrogen) atoms. The predicted octanol–water partition coefficient (Wildman–Crippen LogP) is 0.951. The molecule has 0 saturated heterocycles. The Balaban J connectivity index is 0.000000490. The minimum absolute atomic E-state index is 0. The van der Waals surface area contributed by atoms with Crippen molar-refractivity contribution in [3.8, 4) is 0 Å². The minimum atomic E-state index is -0.569. The Labute approximate surface area is 74.7 Å². The van der Waals surface area contributed by atoms with Crippen LogP contribution >= 0.6 is 0 Å². The van der Waals surface area contributed by atoms with Crippen LogP contribution in [0.1, 0.15) is 19.3 Å². The van der Waals surface area contributed by atoms with E-state index in [2.05, 4.69) is 0 Å². The molecule has 3 heteroatoms. The summed E-state index contributed by atoms with van der Waals surface area (Å²) in [6.07, 6.45) is 2.79. The molecule has 0 heterocycles. The average Bonchev–Trinajstić information content (AvgIpc) is 1.61. The first-order valence-corrected chi connectivity index (χ1v) is 2.64. The zero-order chi connectivity index (χ0) is 5.33. The first kappa shape index (κ1) is 9.02. The maximum absolute atomic E-state index is 9.03. The fourth-order valence-corrected chi connectivity index (χ4v) is 0.762. The van der Waals surface area contributed by atoms with Gasteiger partial charge in [0.25, 0.3) is 0 Å². The van der Waals surface area contributed by atoms with Crippen LogP contribution in [0.4, 0.5) is 0 Å². The van der Waals surface area contributed by atoms with Crippen molar-refractivity contribution in [3.63, 3.8) is 0 Å². The van der Waals surface area contributed by atoms with Gasteiger partial charge in [-0.05, 0) is 19.3 Å². The molecule has 0 bridgehead atoms. The third-order valence-electron chi connectivity index (χ3n) is 1.61. The summed E-state index contributed by atoms with van der Waals surface area (Å²) in [6, 6.07) is 0. The molecule has 0 aliphatic heterocycles. The van der Waals surface area contributed by atoms with E-state index in [0.29, 0.717) is 0 Å². The van der Waals surface area contributed by atoms with Crippen molar-refractivity contribution in [1.29, 1.82) is 0 Å². The van der Waals surface area contributed by atoms with Gasteiger partial charge >= 0.3 is 0 Å². The van der Waals surface area contributed by atoms with Crippen LogP contribution in [0.3, 0.4) is 0 Å². The third-order valence-corrected chi connectivity index (χ3v) is 1.61. The van der Waals surface area contributed by atoms with Crippen molar-refractivity contribution in [1.82, 2.24) is 0 Å². The van der Waals surface area contributed by atoms with Gasteiger partial charge in [-0.15, -0.1) is 6.54 Å². The molecular weight excluding hydrogens is 179 g/mol. The quantitative estimate of drug-likeness (QED) is 0.655. The molecule has 1 saturated carbocycles. The summed E-state index contributed by atoms with van der Waals surface area (Å²) in [4.78, 5) is 0. The van der Waals surface area contributed by atoms with Crippen molar-refractivity contribution in [3.05, 3.63) is 5.73 Å². The van der Waals surface area contributed by atoms with Gasteiger partial charge in [0.15, 0.2) is 0 Å². The van der Waals surface area contributed by atoms with E-state index < -0.39 is 5.60 Å². The van der Waals surface area contributed by atoms with E-state index in [4.69, 9.17) is 10.8 Å². The molecule has 1 aliphatic rings. The molecule has 0 aromatic rings. The van der Waals surface area contributed by atoms with E-state index in [1.807, 2.05) is 0 Å². The zero-order valence-electron chi connectivity index (χ0n) is 4.85. The van der Waals surface area contributed by atoms with Crippen molar-refractivity contribution >= 4 is 0 Å². The van der Waals surface area contributed by atoms with Crippen LogP contribution in [0.25, 0.3) is 5.73 Å². The standard InChI is InChI=1S/C5H10NO.Y/c6-4-5(7)2-1-3-5;/h6-7H,1-4H2;/q-1;. The Morgan fingerprint density at radius 1 is 1.50 bits per heavy atom. The monoisotopic (exact) mass is 189 g/mol. The molecule has 45 valence electrons. The summed E-state index contributed by atoms with van der Waals surface area (Å²) >= 11 is 0. The van der Waals surface area contributed by atoms with E-state index in [-0.39, 0.29) is 39.3 Å². The van der Waals surface area contributed by atoms with Gasteiger partial charge in [0, 0.05) is 38.3 Å². The molecule has 0 amide bonds.